The van der Waals surface area contributed by atoms with Gasteiger partial charge in [-0.3, -0.25) is 0 Å². The summed E-state index contributed by atoms with van der Waals surface area (Å²) in [4.78, 5) is 0. The Balaban J connectivity index is -0.0000140. The van der Waals surface area contributed by atoms with Crippen LogP contribution in [0.25, 0.3) is 0 Å². The Morgan fingerprint density at radius 1 is 0.232 bits per heavy atom. The van der Waals surface area contributed by atoms with E-state index in [0.717, 1.165) is 12.1 Å². The van der Waals surface area contributed by atoms with E-state index in [1.807, 2.05) is 0 Å². The maximum absolute atomic E-state index is 2.60. The van der Waals surface area contributed by atoms with E-state index in [9.17, 15) is 0 Å². The summed E-state index contributed by atoms with van der Waals surface area (Å²) < 4.78 is 2.55. The normalized spacial score (nSPS) is 13.1. The second kappa shape index (κ2) is 45.0. The summed E-state index contributed by atoms with van der Waals surface area (Å²) in [6, 6.07) is 1.73. The molecule has 0 aliphatic rings. The molecule has 0 amide bonds. The van der Waals surface area contributed by atoms with Gasteiger partial charge in [0.25, 0.3) is 0 Å². The molecule has 0 saturated heterocycles. The smallest absolute Gasteiger partial charge is 0.0886 e. The van der Waals surface area contributed by atoms with Crippen molar-refractivity contribution in [3.8, 4) is 0 Å². The van der Waals surface area contributed by atoms with E-state index >= 15 is 0 Å². The van der Waals surface area contributed by atoms with Crippen LogP contribution in [-0.2, 0) is 0 Å². The maximum Gasteiger partial charge on any atom is 0.0886 e. The zero-order valence-electron chi connectivity index (χ0n) is 40.5. The van der Waals surface area contributed by atoms with Crippen LogP contribution in [-0.4, -0.2) is 62.3 Å². The molecule has 0 rings (SSSR count). The molecule has 0 spiro atoms. The molecule has 0 N–H and O–H groups in total. The molecule has 2 unspecified atom stereocenters. The molecule has 0 aromatic carbocycles. The molecule has 2 atom stereocenters. The topological polar surface area (TPSA) is 0 Å². The van der Waals surface area contributed by atoms with Crippen molar-refractivity contribution < 1.29 is 33.8 Å². The van der Waals surface area contributed by atoms with E-state index in [-0.39, 0.29) is 24.8 Å². The zero-order valence-corrected chi connectivity index (χ0v) is 42.0. The highest BCUT2D eigenvalue weighted by atomic mass is 35.5. The van der Waals surface area contributed by atoms with Gasteiger partial charge in [0, 0.05) is 0 Å². The van der Waals surface area contributed by atoms with Gasteiger partial charge in [0.2, 0.25) is 0 Å². The van der Waals surface area contributed by atoms with Gasteiger partial charge in [0.15, 0.2) is 0 Å². The van der Waals surface area contributed by atoms with Gasteiger partial charge in [-0.15, -0.1) is 0 Å². The highest BCUT2D eigenvalue weighted by Gasteiger charge is 2.28. The fraction of sp³-hybridized carbons (Fsp3) is 1.00. The largest absolute Gasteiger partial charge is 1.00 e. The lowest BCUT2D eigenvalue weighted by Gasteiger charge is -2.39. The van der Waals surface area contributed by atoms with E-state index in [1.54, 1.807) is 0 Å². The Morgan fingerprint density at radius 3 is 0.589 bits per heavy atom. The molecule has 0 radical (unpaired) electrons. The number of rotatable bonds is 45. The summed E-state index contributed by atoms with van der Waals surface area (Å²) in [5.74, 6) is 0. The zero-order chi connectivity index (χ0) is 39.9. The van der Waals surface area contributed by atoms with Crippen LogP contribution in [0, 0.1) is 0 Å². The quantitative estimate of drug-likeness (QED) is 0.0424. The summed E-state index contributed by atoms with van der Waals surface area (Å²) in [7, 11) is 10.4. The van der Waals surface area contributed by atoms with Gasteiger partial charge in [-0.2, -0.15) is 0 Å². The van der Waals surface area contributed by atoms with Crippen LogP contribution in [0.1, 0.15) is 285 Å². The SMILES string of the molecule is CCCCCCCCCCC(CCCCCCC(CCCCCCCCCC)[N+](C)(C)CCCCCCCCCC)[N+](C)(C)CCCCCCCCCC.[Cl-].[Cl-]. The Labute approximate surface area is 370 Å². The summed E-state index contributed by atoms with van der Waals surface area (Å²) in [6.45, 7) is 12.1. The van der Waals surface area contributed by atoms with Crippen molar-refractivity contribution in [2.45, 2.75) is 297 Å². The van der Waals surface area contributed by atoms with Crippen LogP contribution < -0.4 is 24.8 Å². The van der Waals surface area contributed by atoms with Gasteiger partial charge in [0.05, 0.1) is 53.4 Å². The predicted molar refractivity (Wildman–Crippen MR) is 249 cm³/mol. The first-order valence-corrected chi connectivity index (χ1v) is 25.9. The second-order valence-electron chi connectivity index (χ2n) is 19.8. The number of hydrogen-bond donors (Lipinski definition) is 0. The summed E-state index contributed by atoms with van der Waals surface area (Å²) >= 11 is 0. The molecule has 0 aliphatic heterocycles. The van der Waals surface area contributed by atoms with Gasteiger partial charge in [0.1, 0.15) is 0 Å². The Hall–Kier alpha value is 0.500. The minimum absolute atomic E-state index is 0. The van der Waals surface area contributed by atoms with E-state index in [1.165, 1.54) is 279 Å². The fourth-order valence-corrected chi connectivity index (χ4v) is 9.50. The van der Waals surface area contributed by atoms with Gasteiger partial charge in [-0.05, 0) is 77.0 Å². The van der Waals surface area contributed by atoms with Crippen molar-refractivity contribution >= 4 is 0 Å². The third-order valence-electron chi connectivity index (χ3n) is 13.8. The molecule has 0 fully saturated rings. The molecule has 2 nitrogen and oxygen atoms in total. The van der Waals surface area contributed by atoms with Gasteiger partial charge < -0.3 is 33.8 Å². The number of quaternary nitrogens is 2. The summed E-state index contributed by atoms with van der Waals surface area (Å²) in [5, 5.41) is 0. The number of unbranched alkanes of at least 4 members (excludes halogenated alkanes) is 31. The van der Waals surface area contributed by atoms with Crippen molar-refractivity contribution in [3.05, 3.63) is 0 Å². The van der Waals surface area contributed by atoms with Crippen molar-refractivity contribution in [3.63, 3.8) is 0 Å². The third-order valence-corrected chi connectivity index (χ3v) is 13.8. The minimum Gasteiger partial charge on any atom is -1.00 e. The molecule has 0 heterocycles. The summed E-state index contributed by atoms with van der Waals surface area (Å²) in [6.07, 6.45) is 57.9. The first-order valence-electron chi connectivity index (χ1n) is 25.9. The molecular weight excluding hydrogens is 723 g/mol. The molecular formula is C52H110Cl2N2. The van der Waals surface area contributed by atoms with Crippen molar-refractivity contribution in [1.29, 1.82) is 0 Å². The molecule has 0 aliphatic carbocycles. The Kier molecular flexibility index (Phi) is 48.9. The predicted octanol–water partition coefficient (Wildman–Crippen LogP) is 11.6. The van der Waals surface area contributed by atoms with Crippen molar-refractivity contribution in [1.82, 2.24) is 0 Å². The van der Waals surface area contributed by atoms with Crippen LogP contribution in [0.2, 0.25) is 0 Å². The Bertz CT molecular complexity index is 666. The van der Waals surface area contributed by atoms with Crippen LogP contribution >= 0.6 is 0 Å². The molecule has 0 saturated carbocycles. The lowest BCUT2D eigenvalue weighted by Crippen LogP contribution is -3.00. The highest BCUT2D eigenvalue weighted by Crippen LogP contribution is 2.26. The Morgan fingerprint density at radius 2 is 0.393 bits per heavy atom. The molecule has 56 heavy (non-hydrogen) atoms. The standard InChI is InChI=1S/C52H110N2.2ClH/c1-9-13-17-21-25-29-33-39-45-51(53(5,6)49-43-37-31-27-23-19-15-11-3)47-41-35-36-42-48-52(46-40-34-30-26-22-18-14-10-2)54(7,8)50-44-38-32-28-24-20-16-12-4;;/h51-52H,9-50H2,1-8H3;2*1H/q+2;;/p-2. The molecule has 0 aromatic rings. The van der Waals surface area contributed by atoms with E-state index in [0.29, 0.717) is 0 Å². The highest BCUT2D eigenvalue weighted by molar-refractivity contribution is 4.65. The summed E-state index contributed by atoms with van der Waals surface area (Å²) in [5.41, 5.74) is 0. The third kappa shape index (κ3) is 38.7. The van der Waals surface area contributed by atoms with Crippen LogP contribution in [0.15, 0.2) is 0 Å². The van der Waals surface area contributed by atoms with Gasteiger partial charge >= 0.3 is 0 Å². The molecule has 0 bridgehead atoms. The number of nitrogens with zero attached hydrogens (tertiary/aromatic N) is 2. The van der Waals surface area contributed by atoms with E-state index < -0.39 is 0 Å². The molecule has 0 aromatic heterocycles. The molecule has 342 valence electrons. The van der Waals surface area contributed by atoms with E-state index in [2.05, 4.69) is 55.9 Å². The fourth-order valence-electron chi connectivity index (χ4n) is 9.50. The van der Waals surface area contributed by atoms with Crippen LogP contribution in [0.4, 0.5) is 0 Å². The van der Waals surface area contributed by atoms with Crippen molar-refractivity contribution in [2.24, 2.45) is 0 Å². The average molecular weight is 834 g/mol. The molecule has 4 heteroatoms. The van der Waals surface area contributed by atoms with Crippen LogP contribution in [0.3, 0.4) is 0 Å². The lowest BCUT2D eigenvalue weighted by atomic mass is 9.95. The minimum atomic E-state index is 0. The average Bonchev–Trinajstić information content (AvgIpc) is 3.15. The van der Waals surface area contributed by atoms with E-state index in [4.69, 9.17) is 0 Å². The van der Waals surface area contributed by atoms with Gasteiger partial charge in [-0.1, -0.05) is 207 Å². The van der Waals surface area contributed by atoms with Crippen molar-refractivity contribution in [2.75, 3.05) is 41.3 Å². The lowest BCUT2D eigenvalue weighted by molar-refractivity contribution is -0.916. The number of hydrogen-bond acceptors (Lipinski definition) is 0. The first-order chi connectivity index (χ1) is 26.2. The van der Waals surface area contributed by atoms with Gasteiger partial charge in [-0.25, -0.2) is 0 Å². The monoisotopic (exact) mass is 833 g/mol. The first kappa shape index (κ1) is 60.8. The number of halogens is 2. The second-order valence-corrected chi connectivity index (χ2v) is 19.8. The van der Waals surface area contributed by atoms with Crippen LogP contribution in [0.5, 0.6) is 0 Å². The maximum atomic E-state index is 2.60.